The van der Waals surface area contributed by atoms with Crippen LogP contribution in [-0.4, -0.2) is 44.4 Å². The summed E-state index contributed by atoms with van der Waals surface area (Å²) in [6.07, 6.45) is 3.08. The summed E-state index contributed by atoms with van der Waals surface area (Å²) in [5.74, 6) is -0.751. The quantitative estimate of drug-likeness (QED) is 0.304. The number of aromatic nitrogens is 2. The molecular weight excluding hydrogens is 488 g/mol. The van der Waals surface area contributed by atoms with Crippen LogP contribution in [-0.2, 0) is 26.5 Å². The lowest BCUT2D eigenvalue weighted by atomic mass is 9.91. The molecule has 8 nitrogen and oxygen atoms in total. The van der Waals surface area contributed by atoms with Gasteiger partial charge in [-0.1, -0.05) is 25.8 Å². The Morgan fingerprint density at radius 2 is 1.63 bits per heavy atom. The second-order valence-electron chi connectivity index (χ2n) is 9.02. The van der Waals surface area contributed by atoms with Crippen molar-refractivity contribution in [3.63, 3.8) is 0 Å². The first-order valence-corrected chi connectivity index (χ1v) is 15.1. The van der Waals surface area contributed by atoms with E-state index >= 15 is 0 Å². The molecule has 0 spiro atoms. The molecule has 0 saturated carbocycles. The van der Waals surface area contributed by atoms with E-state index in [2.05, 4.69) is 5.10 Å². The van der Waals surface area contributed by atoms with Crippen molar-refractivity contribution in [2.75, 3.05) is 12.0 Å². The topological polar surface area (TPSA) is 112 Å². The SMILES string of the molecule is CCCCn1nc(C)c(C(=O)c2ccc(S(C)(=O)=O)c(C(C)=C(C)C)c2C)c1OS(=O)(=O)CCC. The molecule has 0 unspecified atom stereocenters. The Hall–Kier alpha value is -2.46. The zero-order valence-corrected chi connectivity index (χ0v) is 23.5. The van der Waals surface area contributed by atoms with Gasteiger partial charge >= 0.3 is 10.1 Å². The fourth-order valence-corrected chi connectivity index (χ4v) is 5.86. The standard InChI is InChI=1S/C25H36N2O6S2/c1-9-11-14-27-25(33-35(31,32)15-10-2)23(19(7)26-27)24(28)20-12-13-21(34(8,29)30)22(18(20)6)17(5)16(3)4/h12-13H,9-11,14-15H2,1-8H3. The lowest BCUT2D eigenvalue weighted by Gasteiger charge is -2.17. The maximum absolute atomic E-state index is 13.9. The van der Waals surface area contributed by atoms with Crippen molar-refractivity contribution in [1.29, 1.82) is 0 Å². The summed E-state index contributed by atoms with van der Waals surface area (Å²) in [6, 6.07) is 2.91. The molecule has 0 N–H and O–H groups in total. The van der Waals surface area contributed by atoms with Gasteiger partial charge in [0.2, 0.25) is 11.7 Å². The van der Waals surface area contributed by atoms with E-state index in [0.717, 1.165) is 30.2 Å². The number of aryl methyl sites for hydroxylation is 2. The summed E-state index contributed by atoms with van der Waals surface area (Å²) in [6.45, 7) is 13.0. The summed E-state index contributed by atoms with van der Waals surface area (Å²) in [5.41, 5.74) is 3.34. The largest absolute Gasteiger partial charge is 0.361 e. The van der Waals surface area contributed by atoms with Gasteiger partial charge in [0.05, 0.1) is 16.3 Å². The van der Waals surface area contributed by atoms with Crippen LogP contribution in [0.2, 0.25) is 0 Å². The van der Waals surface area contributed by atoms with Gasteiger partial charge in [-0.15, -0.1) is 0 Å². The molecule has 0 amide bonds. The van der Waals surface area contributed by atoms with E-state index in [4.69, 9.17) is 4.18 Å². The van der Waals surface area contributed by atoms with E-state index in [1.54, 1.807) is 20.8 Å². The van der Waals surface area contributed by atoms with Gasteiger partial charge in [-0.25, -0.2) is 13.1 Å². The van der Waals surface area contributed by atoms with Gasteiger partial charge in [0.1, 0.15) is 5.56 Å². The molecule has 0 fully saturated rings. The highest BCUT2D eigenvalue weighted by Gasteiger charge is 2.30. The Balaban J connectivity index is 2.82. The van der Waals surface area contributed by atoms with Gasteiger partial charge in [-0.05, 0) is 76.3 Å². The third-order valence-corrected chi connectivity index (χ3v) is 8.35. The van der Waals surface area contributed by atoms with E-state index < -0.39 is 25.7 Å². The first kappa shape index (κ1) is 28.8. The lowest BCUT2D eigenvalue weighted by Crippen LogP contribution is -2.18. The Bertz CT molecular complexity index is 1360. The Kier molecular flexibility index (Phi) is 9.10. The number of rotatable bonds is 11. The predicted molar refractivity (Wildman–Crippen MR) is 138 cm³/mol. The highest BCUT2D eigenvalue weighted by Crippen LogP contribution is 2.34. The van der Waals surface area contributed by atoms with Gasteiger partial charge in [0.25, 0.3) is 0 Å². The molecular formula is C25H36N2O6S2. The van der Waals surface area contributed by atoms with Crippen molar-refractivity contribution in [2.45, 2.75) is 79.2 Å². The molecule has 35 heavy (non-hydrogen) atoms. The molecule has 0 aliphatic heterocycles. The number of hydrogen-bond acceptors (Lipinski definition) is 7. The third-order valence-electron chi connectivity index (χ3n) is 5.89. The molecule has 0 bridgehead atoms. The van der Waals surface area contributed by atoms with Crippen LogP contribution >= 0.6 is 0 Å². The van der Waals surface area contributed by atoms with E-state index in [-0.39, 0.29) is 27.7 Å². The molecule has 1 aromatic carbocycles. The molecule has 2 aromatic rings. The first-order chi connectivity index (χ1) is 16.2. The zero-order chi connectivity index (χ0) is 26.7. The third kappa shape index (κ3) is 6.41. The summed E-state index contributed by atoms with van der Waals surface area (Å²) in [4.78, 5) is 14.0. The highest BCUT2D eigenvalue weighted by atomic mass is 32.2. The van der Waals surface area contributed by atoms with Gasteiger partial charge in [-0.3, -0.25) is 4.79 Å². The van der Waals surface area contributed by atoms with Crippen LogP contribution in [0.4, 0.5) is 0 Å². The summed E-state index contributed by atoms with van der Waals surface area (Å²) < 4.78 is 57.0. The van der Waals surface area contributed by atoms with Gasteiger partial charge < -0.3 is 4.18 Å². The van der Waals surface area contributed by atoms with Crippen LogP contribution in [0.5, 0.6) is 5.88 Å². The minimum absolute atomic E-state index is 0.0665. The number of sulfone groups is 1. The van der Waals surface area contributed by atoms with Crippen molar-refractivity contribution >= 4 is 31.3 Å². The fourth-order valence-electron chi connectivity index (χ4n) is 3.87. The fraction of sp³-hybridized carbons (Fsp3) is 0.520. The van der Waals surface area contributed by atoms with Crippen LogP contribution in [0.25, 0.3) is 5.57 Å². The normalized spacial score (nSPS) is 12.0. The highest BCUT2D eigenvalue weighted by molar-refractivity contribution is 7.90. The lowest BCUT2D eigenvalue weighted by molar-refractivity contribution is 0.103. The first-order valence-electron chi connectivity index (χ1n) is 11.7. The van der Waals surface area contributed by atoms with Crippen LogP contribution in [0.15, 0.2) is 22.6 Å². The smallest absolute Gasteiger partial charge is 0.310 e. The van der Waals surface area contributed by atoms with Crippen molar-refractivity contribution in [3.05, 3.63) is 45.7 Å². The van der Waals surface area contributed by atoms with Crippen molar-refractivity contribution < 1.29 is 25.8 Å². The summed E-state index contributed by atoms with van der Waals surface area (Å²) >= 11 is 0. The number of benzene rings is 1. The number of carbonyl (C=O) groups is 1. The second-order valence-corrected chi connectivity index (χ2v) is 12.7. The van der Waals surface area contributed by atoms with Crippen LogP contribution in [0, 0.1) is 13.8 Å². The van der Waals surface area contributed by atoms with E-state index in [1.807, 2.05) is 27.7 Å². The monoisotopic (exact) mass is 524 g/mol. The average molecular weight is 525 g/mol. The number of allylic oxidation sites excluding steroid dienone is 2. The number of carbonyl (C=O) groups excluding carboxylic acids is 1. The van der Waals surface area contributed by atoms with E-state index in [9.17, 15) is 21.6 Å². The molecule has 194 valence electrons. The molecule has 1 aromatic heterocycles. The minimum atomic E-state index is -3.93. The van der Waals surface area contributed by atoms with Crippen LogP contribution < -0.4 is 4.18 Å². The molecule has 0 aliphatic carbocycles. The van der Waals surface area contributed by atoms with E-state index in [0.29, 0.717) is 29.8 Å². The molecule has 10 heteroatoms. The Morgan fingerprint density at radius 1 is 1.00 bits per heavy atom. The van der Waals surface area contributed by atoms with Crippen molar-refractivity contribution in [3.8, 4) is 5.88 Å². The molecule has 1 heterocycles. The van der Waals surface area contributed by atoms with Crippen molar-refractivity contribution in [1.82, 2.24) is 9.78 Å². The summed E-state index contributed by atoms with van der Waals surface area (Å²) in [7, 11) is -7.49. The Morgan fingerprint density at radius 3 is 2.14 bits per heavy atom. The molecule has 0 aliphatic rings. The predicted octanol–water partition coefficient (Wildman–Crippen LogP) is 4.87. The molecule has 0 atom stereocenters. The average Bonchev–Trinajstić information content (AvgIpc) is 3.04. The van der Waals surface area contributed by atoms with Crippen molar-refractivity contribution in [2.24, 2.45) is 0 Å². The maximum Gasteiger partial charge on any atom is 0.310 e. The van der Waals surface area contributed by atoms with Crippen LogP contribution in [0.1, 0.15) is 86.6 Å². The Labute approximate surface area is 209 Å². The zero-order valence-electron chi connectivity index (χ0n) is 21.9. The van der Waals surface area contributed by atoms with Gasteiger partial charge in [0, 0.05) is 18.4 Å². The van der Waals surface area contributed by atoms with Crippen LogP contribution in [0.3, 0.4) is 0 Å². The second kappa shape index (κ2) is 11.1. The number of unbranched alkanes of at least 4 members (excludes halogenated alkanes) is 1. The number of hydrogen-bond donors (Lipinski definition) is 0. The minimum Gasteiger partial charge on any atom is -0.361 e. The van der Waals surface area contributed by atoms with Gasteiger partial charge in [0.15, 0.2) is 9.84 Å². The number of ketones is 1. The van der Waals surface area contributed by atoms with Gasteiger partial charge in [-0.2, -0.15) is 13.5 Å². The molecule has 0 radical (unpaired) electrons. The van der Waals surface area contributed by atoms with E-state index in [1.165, 1.54) is 16.8 Å². The molecule has 0 saturated heterocycles. The molecule has 2 rings (SSSR count). The maximum atomic E-state index is 13.9. The number of nitrogens with zero attached hydrogens (tertiary/aromatic N) is 2. The summed E-state index contributed by atoms with van der Waals surface area (Å²) in [5, 5.41) is 4.41.